The van der Waals surface area contributed by atoms with Gasteiger partial charge in [-0.25, -0.2) is 0 Å². The van der Waals surface area contributed by atoms with Crippen molar-refractivity contribution in [1.29, 1.82) is 0 Å². The highest BCUT2D eigenvalue weighted by molar-refractivity contribution is 9.10. The Morgan fingerprint density at radius 1 is 0.897 bits per heavy atom. The van der Waals surface area contributed by atoms with Crippen LogP contribution in [0.4, 0.5) is 0 Å². The third-order valence-corrected chi connectivity index (χ3v) is 5.48. The van der Waals surface area contributed by atoms with Crippen molar-refractivity contribution in [3.63, 3.8) is 0 Å². The molecule has 0 spiro atoms. The number of carbonyl (C=O) groups is 1. The number of hydrogen-bond donors (Lipinski definition) is 1. The van der Waals surface area contributed by atoms with Gasteiger partial charge in [-0.1, -0.05) is 80.6 Å². The van der Waals surface area contributed by atoms with Crippen molar-refractivity contribution in [2.75, 3.05) is 13.2 Å². The Morgan fingerprint density at radius 2 is 1.52 bits per heavy atom. The van der Waals surface area contributed by atoms with Crippen molar-refractivity contribution >= 4 is 21.9 Å². The van der Waals surface area contributed by atoms with Gasteiger partial charge in [0.1, 0.15) is 5.75 Å². The SMILES string of the molecule is CCCCCCCCCOC(=O)CCCCCCCOc1ccc(Br)cc1CO. The fourth-order valence-electron chi connectivity index (χ4n) is 3.21. The van der Waals surface area contributed by atoms with Crippen molar-refractivity contribution in [1.82, 2.24) is 0 Å². The Kier molecular flexibility index (Phi) is 15.9. The zero-order chi connectivity index (χ0) is 21.2. The van der Waals surface area contributed by atoms with Crippen molar-refractivity contribution in [2.45, 2.75) is 97.0 Å². The number of benzene rings is 1. The molecule has 0 aromatic heterocycles. The largest absolute Gasteiger partial charge is 0.493 e. The molecule has 0 amide bonds. The average molecular weight is 471 g/mol. The van der Waals surface area contributed by atoms with Crippen LogP contribution in [0.5, 0.6) is 5.75 Å². The van der Waals surface area contributed by atoms with E-state index in [0.717, 1.165) is 54.3 Å². The molecule has 0 atom stereocenters. The lowest BCUT2D eigenvalue weighted by Gasteiger charge is -2.10. The predicted molar refractivity (Wildman–Crippen MR) is 122 cm³/mol. The van der Waals surface area contributed by atoms with Gasteiger partial charge in [0.15, 0.2) is 0 Å². The lowest BCUT2D eigenvalue weighted by Crippen LogP contribution is -2.05. The van der Waals surface area contributed by atoms with Crippen LogP contribution >= 0.6 is 15.9 Å². The van der Waals surface area contributed by atoms with E-state index in [2.05, 4.69) is 22.9 Å². The summed E-state index contributed by atoms with van der Waals surface area (Å²) in [5, 5.41) is 9.37. The number of hydrogen-bond acceptors (Lipinski definition) is 4. The minimum absolute atomic E-state index is 0.0240. The molecule has 0 saturated carbocycles. The van der Waals surface area contributed by atoms with E-state index >= 15 is 0 Å². The van der Waals surface area contributed by atoms with Gasteiger partial charge in [0.05, 0.1) is 19.8 Å². The van der Waals surface area contributed by atoms with Crippen LogP contribution in [0.15, 0.2) is 22.7 Å². The molecule has 0 heterocycles. The Morgan fingerprint density at radius 3 is 2.21 bits per heavy atom. The number of esters is 1. The van der Waals surface area contributed by atoms with Crippen molar-refractivity contribution < 1.29 is 19.4 Å². The van der Waals surface area contributed by atoms with Crippen LogP contribution in [-0.2, 0) is 16.1 Å². The minimum atomic E-state index is -0.0499. The third-order valence-electron chi connectivity index (χ3n) is 4.99. The molecule has 0 aliphatic carbocycles. The fraction of sp³-hybridized carbons (Fsp3) is 0.708. The summed E-state index contributed by atoms with van der Waals surface area (Å²) in [6, 6.07) is 5.68. The van der Waals surface area contributed by atoms with E-state index in [0.29, 0.717) is 19.6 Å². The maximum Gasteiger partial charge on any atom is 0.305 e. The molecule has 0 bridgehead atoms. The van der Waals surface area contributed by atoms with Crippen LogP contribution in [0.2, 0.25) is 0 Å². The fourth-order valence-corrected chi connectivity index (χ4v) is 3.62. The highest BCUT2D eigenvalue weighted by Gasteiger charge is 2.04. The number of aliphatic hydroxyl groups excluding tert-OH is 1. The first kappa shape index (κ1) is 26.0. The molecule has 0 fully saturated rings. The van der Waals surface area contributed by atoms with Crippen LogP contribution < -0.4 is 4.74 Å². The molecule has 166 valence electrons. The molecule has 0 aliphatic heterocycles. The smallest absolute Gasteiger partial charge is 0.305 e. The van der Waals surface area contributed by atoms with Crippen molar-refractivity contribution in [3.05, 3.63) is 28.2 Å². The highest BCUT2D eigenvalue weighted by Crippen LogP contribution is 2.23. The van der Waals surface area contributed by atoms with Gasteiger partial charge < -0.3 is 14.6 Å². The van der Waals surface area contributed by atoms with E-state index < -0.39 is 0 Å². The van der Waals surface area contributed by atoms with E-state index in [4.69, 9.17) is 9.47 Å². The molecule has 5 heteroatoms. The van der Waals surface area contributed by atoms with Crippen LogP contribution in [0.1, 0.15) is 96.0 Å². The molecule has 0 aliphatic rings. The number of unbranched alkanes of at least 4 members (excludes halogenated alkanes) is 10. The molecule has 0 radical (unpaired) electrons. The van der Waals surface area contributed by atoms with Crippen LogP contribution in [0, 0.1) is 0 Å². The molecular formula is C24H39BrO4. The van der Waals surface area contributed by atoms with Crippen molar-refractivity contribution in [2.24, 2.45) is 0 Å². The predicted octanol–water partition coefficient (Wildman–Crippen LogP) is 6.95. The monoisotopic (exact) mass is 470 g/mol. The quantitative estimate of drug-likeness (QED) is 0.186. The summed E-state index contributed by atoms with van der Waals surface area (Å²) in [5.74, 6) is 0.700. The normalized spacial score (nSPS) is 10.9. The Labute approximate surface area is 185 Å². The minimum Gasteiger partial charge on any atom is -0.493 e. The van der Waals surface area contributed by atoms with Crippen molar-refractivity contribution in [3.8, 4) is 5.75 Å². The molecule has 0 saturated heterocycles. The zero-order valence-electron chi connectivity index (χ0n) is 18.1. The molecule has 1 aromatic carbocycles. The number of ether oxygens (including phenoxy) is 2. The van der Waals surface area contributed by atoms with Gasteiger partial charge in [0, 0.05) is 16.5 Å². The third kappa shape index (κ3) is 13.7. The summed E-state index contributed by atoms with van der Waals surface area (Å²) in [5.41, 5.74) is 0.800. The summed E-state index contributed by atoms with van der Waals surface area (Å²) in [6.07, 6.45) is 14.3. The summed E-state index contributed by atoms with van der Waals surface area (Å²) < 4.78 is 12.0. The molecular weight excluding hydrogens is 432 g/mol. The van der Waals surface area contributed by atoms with Gasteiger partial charge in [-0.05, 0) is 37.5 Å². The first-order chi connectivity index (χ1) is 14.2. The Balaban J connectivity index is 1.91. The second-order valence-corrected chi connectivity index (χ2v) is 8.53. The van der Waals surface area contributed by atoms with Gasteiger partial charge in [-0.2, -0.15) is 0 Å². The maximum atomic E-state index is 11.7. The molecule has 0 unspecified atom stereocenters. The number of rotatable bonds is 18. The van der Waals surface area contributed by atoms with Crippen LogP contribution in [0.3, 0.4) is 0 Å². The number of aliphatic hydroxyl groups is 1. The van der Waals surface area contributed by atoms with Gasteiger partial charge in [-0.15, -0.1) is 0 Å². The first-order valence-corrected chi connectivity index (χ1v) is 12.1. The highest BCUT2D eigenvalue weighted by atomic mass is 79.9. The standard InChI is InChI=1S/C24H39BrO4/c1-2-3-4-5-6-9-13-18-29-24(27)14-11-8-7-10-12-17-28-23-16-15-22(25)19-21(23)20-26/h15-16,19,26H,2-14,17-18,20H2,1H3. The summed E-state index contributed by atoms with van der Waals surface area (Å²) in [7, 11) is 0. The molecule has 1 N–H and O–H groups in total. The summed E-state index contributed by atoms with van der Waals surface area (Å²) in [4.78, 5) is 11.7. The first-order valence-electron chi connectivity index (χ1n) is 11.3. The lowest BCUT2D eigenvalue weighted by atomic mass is 10.1. The van der Waals surface area contributed by atoms with Gasteiger partial charge in [-0.3, -0.25) is 4.79 Å². The van der Waals surface area contributed by atoms with E-state index in [-0.39, 0.29) is 12.6 Å². The Hall–Kier alpha value is -1.07. The second kappa shape index (κ2) is 17.8. The van der Waals surface area contributed by atoms with Gasteiger partial charge >= 0.3 is 5.97 Å². The molecule has 29 heavy (non-hydrogen) atoms. The Bertz CT molecular complexity index is 548. The summed E-state index contributed by atoms with van der Waals surface area (Å²) >= 11 is 3.40. The molecule has 1 aromatic rings. The van der Waals surface area contributed by atoms with Gasteiger partial charge in [0.2, 0.25) is 0 Å². The molecule has 4 nitrogen and oxygen atoms in total. The summed E-state index contributed by atoms with van der Waals surface area (Å²) in [6.45, 7) is 3.43. The number of halogens is 1. The maximum absolute atomic E-state index is 11.7. The lowest BCUT2D eigenvalue weighted by molar-refractivity contribution is -0.143. The van der Waals surface area contributed by atoms with E-state index in [1.165, 1.54) is 38.5 Å². The second-order valence-electron chi connectivity index (χ2n) is 7.62. The van der Waals surface area contributed by atoms with E-state index in [1.807, 2.05) is 18.2 Å². The zero-order valence-corrected chi connectivity index (χ0v) is 19.7. The molecule has 1 rings (SSSR count). The topological polar surface area (TPSA) is 55.8 Å². The van der Waals surface area contributed by atoms with Crippen LogP contribution in [-0.4, -0.2) is 24.3 Å². The van der Waals surface area contributed by atoms with Gasteiger partial charge in [0.25, 0.3) is 0 Å². The average Bonchev–Trinajstić information content (AvgIpc) is 2.72. The van der Waals surface area contributed by atoms with E-state index in [1.54, 1.807) is 0 Å². The van der Waals surface area contributed by atoms with Crippen LogP contribution in [0.25, 0.3) is 0 Å². The number of carbonyl (C=O) groups excluding carboxylic acids is 1. The van der Waals surface area contributed by atoms with E-state index in [9.17, 15) is 9.90 Å².